The second-order valence-electron chi connectivity index (χ2n) is 27.0. The largest absolute Gasteiger partial charge is 0.293 e. The summed E-state index contributed by atoms with van der Waals surface area (Å²) >= 11 is 28.4. The number of thioether (sulfide) groups is 2. The lowest BCUT2D eigenvalue weighted by Crippen LogP contribution is -2.43. The molecule has 0 unspecified atom stereocenters. The summed E-state index contributed by atoms with van der Waals surface area (Å²) < 4.78 is 3.76. The average molecular weight is 1530 g/mol. The molecule has 0 saturated carbocycles. The van der Waals surface area contributed by atoms with Gasteiger partial charge in [0.2, 0.25) is 0 Å². The molecule has 96 heavy (non-hydrogen) atoms. The zero-order valence-electron chi connectivity index (χ0n) is 57.5. The fourth-order valence-electron chi connectivity index (χ4n) is 14.2. The van der Waals surface area contributed by atoms with Gasteiger partial charge in [0.15, 0.2) is 0 Å². The van der Waals surface area contributed by atoms with Gasteiger partial charge in [0.05, 0.1) is 40.1 Å². The Hall–Kier alpha value is -3.95. The van der Waals surface area contributed by atoms with E-state index in [9.17, 15) is 9.59 Å². The number of thiophene rings is 6. The van der Waals surface area contributed by atoms with Gasteiger partial charge in [0.1, 0.15) is 34.8 Å². The fourth-order valence-corrected chi connectivity index (χ4v) is 35.9. The smallest absolute Gasteiger partial charge is 0.266 e. The van der Waals surface area contributed by atoms with E-state index in [-0.39, 0.29) is 11.8 Å². The van der Waals surface area contributed by atoms with Crippen LogP contribution in [0.3, 0.4) is 0 Å². The minimum Gasteiger partial charge on any atom is -0.293 e. The van der Waals surface area contributed by atoms with Gasteiger partial charge in [-0.1, -0.05) is 208 Å². The highest BCUT2D eigenvalue weighted by Gasteiger charge is 2.43. The molecule has 2 aliphatic heterocycles. The molecule has 0 N–H and O–H groups in total. The van der Waals surface area contributed by atoms with Crippen molar-refractivity contribution in [2.45, 2.75) is 194 Å². The van der Waals surface area contributed by atoms with Gasteiger partial charge in [0, 0.05) is 85.0 Å². The predicted molar refractivity (Wildman–Crippen MR) is 446 cm³/mol. The van der Waals surface area contributed by atoms with Crippen LogP contribution in [-0.2, 0) is 9.59 Å². The van der Waals surface area contributed by atoms with Gasteiger partial charge in [-0.15, -0.1) is 102 Å². The molecule has 0 bridgehead atoms. The lowest BCUT2D eigenvalue weighted by molar-refractivity contribution is -0.123. The van der Waals surface area contributed by atoms with E-state index in [4.69, 9.17) is 34.4 Å². The summed E-state index contributed by atoms with van der Waals surface area (Å²) in [4.78, 5) is 55.6. The molecule has 502 valence electrons. The third-order valence-corrected chi connectivity index (χ3v) is 44.1. The first kappa shape index (κ1) is 73.3. The number of hydrogen-bond acceptors (Lipinski definition) is 16. The number of carbonyl (C=O) groups excluding carboxylic acids is 2. The zero-order chi connectivity index (χ0) is 68.3. The molecule has 11 rings (SSSR count). The van der Waals surface area contributed by atoms with E-state index in [2.05, 4.69) is 181 Å². The molecule has 0 radical (unpaired) electrons. The van der Waals surface area contributed by atoms with E-state index in [1.807, 2.05) is 69.9 Å². The Labute approximate surface area is 623 Å². The summed E-state index contributed by atoms with van der Waals surface area (Å²) in [6.45, 7) is 34.8. The summed E-state index contributed by atoms with van der Waals surface area (Å²) in [6.07, 6.45) is 19.1. The second kappa shape index (κ2) is 31.9. The van der Waals surface area contributed by atoms with E-state index in [1.54, 1.807) is 55.1 Å². The quantitative estimate of drug-likeness (QED) is 0.0175. The van der Waals surface area contributed by atoms with Crippen molar-refractivity contribution in [1.29, 1.82) is 0 Å². The molecule has 1 aromatic carbocycles. The van der Waals surface area contributed by atoms with Gasteiger partial charge in [-0.05, 0) is 119 Å². The molecule has 0 atom stereocenters. The third-order valence-electron chi connectivity index (χ3n) is 19.1. The van der Waals surface area contributed by atoms with Gasteiger partial charge in [-0.25, -0.2) is 9.97 Å². The van der Waals surface area contributed by atoms with E-state index in [0.29, 0.717) is 64.8 Å². The van der Waals surface area contributed by atoms with Gasteiger partial charge in [0.25, 0.3) is 11.8 Å². The number of aromatic nitrogens is 2. The first-order valence-electron chi connectivity index (χ1n) is 34.0. The van der Waals surface area contributed by atoms with Crippen molar-refractivity contribution in [3.8, 4) is 81.7 Å². The number of fused-ring (bicyclic) bond motifs is 2. The zero-order valence-corrected chi connectivity index (χ0v) is 69.3. The van der Waals surface area contributed by atoms with Crippen LogP contribution in [0.15, 0.2) is 82.9 Å². The van der Waals surface area contributed by atoms with Crippen molar-refractivity contribution >= 4 is 208 Å². The van der Waals surface area contributed by atoms with Crippen LogP contribution in [0.5, 0.6) is 0 Å². The first-order valence-corrected chi connectivity index (χ1v) is 47.4. The Bertz CT molecular complexity index is 4160. The summed E-state index contributed by atoms with van der Waals surface area (Å²) in [5, 5.41) is 4.31. The molecular weight excluding hydrogens is 1440 g/mol. The fraction of sp³-hybridized carbons (Fsp3) is 0.421. The van der Waals surface area contributed by atoms with Crippen LogP contribution in [-0.4, -0.2) is 69.5 Å². The summed E-state index contributed by atoms with van der Waals surface area (Å²) in [6, 6.07) is 22.9. The van der Waals surface area contributed by atoms with Gasteiger partial charge < -0.3 is 0 Å². The average Bonchev–Trinajstić information content (AvgIpc) is 1.55. The van der Waals surface area contributed by atoms with E-state index in [1.165, 1.54) is 121 Å². The standard InChI is InChI=1S/C76H86N4O2S12Si2/c1-15-17-19-21-23-35-79-73(81)67(93-75(79)83)39-51-43-77-71(85-51)63-31-29-59(89-63)57-25-27-61(87-57)65-41-55-53(33-37-95(45(3)4,46(5)6)47(7)8)70-56(54(69(55)91-65)34-38-96(48(9)10,49(11)12)50(13)14)42-66(92-70)62-28-26-58(88-62)60-30-32-64(90-60)72-78-44-52(86-72)40-68-74(82)80(76(84)94-68)36-24-22-20-18-16-2/h25-32,39-50H,15-24,35-36H2,1-14H3/b67-39-,68-40-. The van der Waals surface area contributed by atoms with Crippen LogP contribution in [0.4, 0.5) is 0 Å². The van der Waals surface area contributed by atoms with Gasteiger partial charge in [-0.2, -0.15) is 0 Å². The molecule has 2 saturated heterocycles. The number of benzene rings is 1. The molecule has 20 heteroatoms. The molecular formula is C76H86N4O2S12Si2. The molecule has 6 nitrogen and oxygen atoms in total. The van der Waals surface area contributed by atoms with Crippen molar-refractivity contribution in [2.75, 3.05) is 13.1 Å². The highest BCUT2D eigenvalue weighted by atomic mass is 32.2. The van der Waals surface area contributed by atoms with Gasteiger partial charge >= 0.3 is 0 Å². The first-order chi connectivity index (χ1) is 46.1. The summed E-state index contributed by atoms with van der Waals surface area (Å²) in [7, 11) is -4.35. The maximum absolute atomic E-state index is 13.5. The topological polar surface area (TPSA) is 66.4 Å². The van der Waals surface area contributed by atoms with Crippen molar-refractivity contribution in [1.82, 2.24) is 19.8 Å². The Morgan fingerprint density at radius 3 is 1.07 bits per heavy atom. The third kappa shape index (κ3) is 15.3. The molecule has 0 spiro atoms. The van der Waals surface area contributed by atoms with Crippen LogP contribution < -0.4 is 0 Å². The molecule has 9 aromatic rings. The second-order valence-corrected chi connectivity index (χ2v) is 50.1. The minimum absolute atomic E-state index is 0.00940. The highest BCUT2D eigenvalue weighted by Crippen LogP contribution is 2.52. The van der Waals surface area contributed by atoms with Crippen LogP contribution in [0.25, 0.3) is 91.1 Å². The van der Waals surface area contributed by atoms with Gasteiger partial charge in [-0.3, -0.25) is 19.4 Å². The minimum atomic E-state index is -2.17. The number of rotatable bonds is 26. The van der Waals surface area contributed by atoms with Crippen molar-refractivity contribution in [2.24, 2.45) is 0 Å². The van der Waals surface area contributed by atoms with E-state index >= 15 is 0 Å². The van der Waals surface area contributed by atoms with Crippen molar-refractivity contribution in [3.63, 3.8) is 0 Å². The lowest BCUT2D eigenvalue weighted by atomic mass is 10.0. The Balaban J connectivity index is 0.939. The van der Waals surface area contributed by atoms with Crippen LogP contribution in [0.2, 0.25) is 33.2 Å². The number of thiocarbonyl (C=S) groups is 2. The Kier molecular flexibility index (Phi) is 24.4. The normalized spacial score (nSPS) is 15.0. The highest BCUT2D eigenvalue weighted by molar-refractivity contribution is 8.27. The SMILES string of the molecule is CCCCCCCN1C(=O)/C(=C/c2cnc(-c3ccc(-c4ccc(-c5cc6c(C#C[Si](C(C)C)(C(C)C)C(C)C)c7sc(-c8ccc(-c9ccc(-c%10ncc(/C=C%11\SC(=S)N(CCCCCCC)C%11=O)s%10)s9)s8)cc7c(C#C[Si](C(C)C)(C(C)C)C(C)C)c6s5)s4)s3)s2)SC1=S. The maximum Gasteiger partial charge on any atom is 0.266 e. The van der Waals surface area contributed by atoms with Crippen LogP contribution >= 0.6 is 139 Å². The van der Waals surface area contributed by atoms with E-state index < -0.39 is 16.1 Å². The number of amides is 2. The molecule has 2 fully saturated rings. The number of carbonyl (C=O) groups is 2. The van der Waals surface area contributed by atoms with Crippen LogP contribution in [0, 0.1) is 22.9 Å². The number of nitrogens with zero attached hydrogens (tertiary/aromatic N) is 4. The van der Waals surface area contributed by atoms with Crippen LogP contribution in [0.1, 0.15) is 182 Å². The number of hydrogen-bond donors (Lipinski definition) is 0. The molecule has 0 aliphatic carbocycles. The predicted octanol–water partition coefficient (Wildman–Crippen LogP) is 26.8. The van der Waals surface area contributed by atoms with Crippen molar-refractivity contribution in [3.05, 3.63) is 104 Å². The molecule has 10 heterocycles. The molecule has 2 amide bonds. The van der Waals surface area contributed by atoms with Crippen molar-refractivity contribution < 1.29 is 9.59 Å². The molecule has 8 aromatic heterocycles. The Morgan fingerprint density at radius 1 is 0.427 bits per heavy atom. The number of thiazole rings is 2. The van der Waals surface area contributed by atoms with E-state index in [0.717, 1.165) is 66.3 Å². The summed E-state index contributed by atoms with van der Waals surface area (Å²) in [5.41, 5.74) is 13.6. The molecule has 2 aliphatic rings. The summed E-state index contributed by atoms with van der Waals surface area (Å²) in [5.74, 6) is 8.24. The lowest BCUT2D eigenvalue weighted by Gasteiger charge is -2.38. The maximum atomic E-state index is 13.5. The number of unbranched alkanes of at least 4 members (excludes halogenated alkanes) is 8. The Morgan fingerprint density at radius 2 is 0.740 bits per heavy atom. The monoisotopic (exact) mass is 1530 g/mol.